The average molecular weight is 246 g/mol. The third-order valence-electron chi connectivity index (χ3n) is 2.47. The number of hydrogen-bond acceptors (Lipinski definition) is 2. The molecule has 0 radical (unpaired) electrons. The van der Waals surface area contributed by atoms with E-state index in [-0.39, 0.29) is 16.9 Å². The molecule has 1 aromatic carbocycles. The number of anilines is 1. The molecule has 5 heteroatoms. The third-order valence-corrected chi connectivity index (χ3v) is 2.47. The maximum Gasteiger partial charge on any atom is 0.263 e. The number of nitrogens with one attached hydrogen (secondary N) is 1. The number of aromatic nitrogens is 1. The van der Waals surface area contributed by atoms with Crippen LogP contribution < -0.4 is 10.9 Å². The first kappa shape index (κ1) is 12.0. The van der Waals surface area contributed by atoms with E-state index in [1.165, 1.54) is 34.9 Å². The largest absolute Gasteiger partial charge is 0.322 e. The molecule has 4 nitrogen and oxygen atoms in total. The molecule has 0 saturated heterocycles. The lowest BCUT2D eigenvalue weighted by Crippen LogP contribution is -2.26. The summed E-state index contributed by atoms with van der Waals surface area (Å²) >= 11 is 0. The van der Waals surface area contributed by atoms with Crippen LogP contribution in [0.25, 0.3) is 0 Å². The lowest BCUT2D eigenvalue weighted by Gasteiger charge is -2.05. The van der Waals surface area contributed by atoms with Crippen LogP contribution in [0.3, 0.4) is 0 Å². The highest BCUT2D eigenvalue weighted by molar-refractivity contribution is 6.03. The minimum Gasteiger partial charge on any atom is -0.322 e. The molecule has 2 rings (SSSR count). The second-order valence-corrected chi connectivity index (χ2v) is 3.80. The zero-order chi connectivity index (χ0) is 13.1. The Hall–Kier alpha value is -2.43. The van der Waals surface area contributed by atoms with Crippen molar-refractivity contribution in [1.29, 1.82) is 0 Å². The number of amides is 1. The molecule has 0 atom stereocenters. The fourth-order valence-electron chi connectivity index (χ4n) is 1.50. The van der Waals surface area contributed by atoms with Crippen LogP contribution in [0.4, 0.5) is 10.1 Å². The first-order chi connectivity index (χ1) is 8.58. The van der Waals surface area contributed by atoms with Gasteiger partial charge in [0.15, 0.2) is 0 Å². The van der Waals surface area contributed by atoms with Gasteiger partial charge in [0, 0.05) is 18.9 Å². The molecule has 1 aromatic heterocycles. The minimum absolute atomic E-state index is 0.0457. The van der Waals surface area contributed by atoms with Gasteiger partial charge in [0.25, 0.3) is 11.5 Å². The van der Waals surface area contributed by atoms with Crippen molar-refractivity contribution in [1.82, 2.24) is 4.57 Å². The second kappa shape index (κ2) is 4.83. The summed E-state index contributed by atoms with van der Waals surface area (Å²) in [5.74, 6) is -0.897. The van der Waals surface area contributed by atoms with Crippen LogP contribution >= 0.6 is 0 Å². The van der Waals surface area contributed by atoms with E-state index in [0.717, 1.165) is 0 Å². The minimum atomic E-state index is -0.511. The van der Waals surface area contributed by atoms with E-state index in [1.54, 1.807) is 19.3 Å². The number of carbonyl (C=O) groups excluding carboxylic acids is 1. The molecule has 0 aliphatic heterocycles. The van der Waals surface area contributed by atoms with Crippen molar-refractivity contribution in [2.24, 2.45) is 7.05 Å². The lowest BCUT2D eigenvalue weighted by atomic mass is 10.2. The molecule has 0 bridgehead atoms. The molecule has 18 heavy (non-hydrogen) atoms. The van der Waals surface area contributed by atoms with Crippen LogP contribution in [0.15, 0.2) is 47.4 Å². The summed E-state index contributed by atoms with van der Waals surface area (Å²) in [6.45, 7) is 0. The van der Waals surface area contributed by atoms with Crippen LogP contribution in [0.2, 0.25) is 0 Å². The number of carbonyl (C=O) groups is 1. The maximum atomic E-state index is 12.7. The van der Waals surface area contributed by atoms with Gasteiger partial charge < -0.3 is 9.88 Å². The van der Waals surface area contributed by atoms with Gasteiger partial charge in [0.2, 0.25) is 0 Å². The maximum absolute atomic E-state index is 12.7. The smallest absolute Gasteiger partial charge is 0.263 e. The fourth-order valence-corrected chi connectivity index (χ4v) is 1.50. The normalized spacial score (nSPS) is 10.1. The number of rotatable bonds is 2. The zero-order valence-electron chi connectivity index (χ0n) is 9.68. The third kappa shape index (κ3) is 2.45. The summed E-state index contributed by atoms with van der Waals surface area (Å²) in [7, 11) is 1.57. The van der Waals surface area contributed by atoms with Gasteiger partial charge >= 0.3 is 0 Å². The molecule has 1 amide bonds. The Morgan fingerprint density at radius 2 is 1.89 bits per heavy atom. The Kier molecular flexibility index (Phi) is 3.23. The highest BCUT2D eigenvalue weighted by Crippen LogP contribution is 2.09. The number of hydrogen-bond donors (Lipinski definition) is 1. The second-order valence-electron chi connectivity index (χ2n) is 3.80. The lowest BCUT2D eigenvalue weighted by molar-refractivity contribution is 0.102. The summed E-state index contributed by atoms with van der Waals surface area (Å²) in [6.07, 6.45) is 1.57. The standard InChI is InChI=1S/C13H11FN2O2/c1-16-8-2-3-11(13(16)18)12(17)15-10-6-4-9(14)5-7-10/h2-8H,1H3,(H,15,17). The quantitative estimate of drug-likeness (QED) is 0.878. The van der Waals surface area contributed by atoms with Crippen molar-refractivity contribution in [3.05, 3.63) is 64.3 Å². The number of pyridine rings is 1. The highest BCUT2D eigenvalue weighted by Gasteiger charge is 2.10. The molecular weight excluding hydrogens is 235 g/mol. The topological polar surface area (TPSA) is 51.1 Å². The molecule has 0 saturated carbocycles. The highest BCUT2D eigenvalue weighted by atomic mass is 19.1. The van der Waals surface area contributed by atoms with Crippen molar-refractivity contribution < 1.29 is 9.18 Å². The Balaban J connectivity index is 2.25. The average Bonchev–Trinajstić information content (AvgIpc) is 2.35. The van der Waals surface area contributed by atoms with Crippen LogP contribution in [-0.2, 0) is 7.05 Å². The van der Waals surface area contributed by atoms with Gasteiger partial charge in [-0.1, -0.05) is 0 Å². The molecule has 0 unspecified atom stereocenters. The molecule has 2 aromatic rings. The van der Waals surface area contributed by atoms with Gasteiger partial charge in [-0.3, -0.25) is 9.59 Å². The molecule has 1 N–H and O–H groups in total. The monoisotopic (exact) mass is 246 g/mol. The molecule has 1 heterocycles. The van der Waals surface area contributed by atoms with E-state index < -0.39 is 5.91 Å². The van der Waals surface area contributed by atoms with Crippen molar-refractivity contribution in [3.63, 3.8) is 0 Å². The predicted molar refractivity (Wildman–Crippen MR) is 66.0 cm³/mol. The first-order valence-electron chi connectivity index (χ1n) is 5.30. The number of nitrogens with zero attached hydrogens (tertiary/aromatic N) is 1. The van der Waals surface area contributed by atoms with Crippen LogP contribution in [0.1, 0.15) is 10.4 Å². The van der Waals surface area contributed by atoms with Crippen molar-refractivity contribution >= 4 is 11.6 Å². The summed E-state index contributed by atoms with van der Waals surface area (Å²) in [5, 5.41) is 2.53. The van der Waals surface area contributed by atoms with E-state index in [1.807, 2.05) is 0 Å². The Morgan fingerprint density at radius 3 is 2.56 bits per heavy atom. The van der Waals surface area contributed by atoms with Gasteiger partial charge in [-0.2, -0.15) is 0 Å². The number of benzene rings is 1. The van der Waals surface area contributed by atoms with E-state index in [0.29, 0.717) is 5.69 Å². The summed E-state index contributed by atoms with van der Waals surface area (Å²) < 4.78 is 14.0. The SMILES string of the molecule is Cn1cccc(C(=O)Nc2ccc(F)cc2)c1=O. The van der Waals surface area contributed by atoms with Crippen molar-refractivity contribution in [3.8, 4) is 0 Å². The van der Waals surface area contributed by atoms with Gasteiger partial charge in [-0.05, 0) is 36.4 Å². The van der Waals surface area contributed by atoms with Crippen LogP contribution in [0.5, 0.6) is 0 Å². The molecule has 0 fully saturated rings. The number of halogens is 1. The Bertz CT molecular complexity index is 632. The van der Waals surface area contributed by atoms with E-state index in [4.69, 9.17) is 0 Å². The summed E-state index contributed by atoms with van der Waals surface area (Å²) in [6, 6.07) is 8.39. The molecule has 0 aliphatic rings. The molecule has 92 valence electrons. The van der Waals surface area contributed by atoms with E-state index >= 15 is 0 Å². The van der Waals surface area contributed by atoms with Gasteiger partial charge in [-0.15, -0.1) is 0 Å². The van der Waals surface area contributed by atoms with Gasteiger partial charge in [0.05, 0.1) is 0 Å². The van der Waals surface area contributed by atoms with Crippen LogP contribution in [0, 0.1) is 5.82 Å². The zero-order valence-corrected chi connectivity index (χ0v) is 9.68. The van der Waals surface area contributed by atoms with E-state index in [2.05, 4.69) is 5.32 Å². The van der Waals surface area contributed by atoms with Gasteiger partial charge in [0.1, 0.15) is 11.4 Å². The van der Waals surface area contributed by atoms with Crippen molar-refractivity contribution in [2.45, 2.75) is 0 Å². The van der Waals surface area contributed by atoms with Gasteiger partial charge in [-0.25, -0.2) is 4.39 Å². The Labute approximate surface area is 103 Å². The number of aryl methyl sites for hydroxylation is 1. The fraction of sp³-hybridized carbons (Fsp3) is 0.0769. The summed E-state index contributed by atoms with van der Waals surface area (Å²) in [4.78, 5) is 23.6. The first-order valence-corrected chi connectivity index (χ1v) is 5.30. The Morgan fingerprint density at radius 1 is 1.22 bits per heavy atom. The van der Waals surface area contributed by atoms with Crippen LogP contribution in [-0.4, -0.2) is 10.5 Å². The van der Waals surface area contributed by atoms with E-state index in [9.17, 15) is 14.0 Å². The molecule has 0 spiro atoms. The van der Waals surface area contributed by atoms with Crippen molar-refractivity contribution in [2.75, 3.05) is 5.32 Å². The predicted octanol–water partition coefficient (Wildman–Crippen LogP) is 1.78. The summed E-state index contributed by atoms with van der Waals surface area (Å²) in [5.41, 5.74) is 0.105. The molecular formula is C13H11FN2O2. The molecule has 0 aliphatic carbocycles.